The SMILES string of the molecule is O=P(c1ccccc1)(c1ccccc1)c1c2ccccc2c2c3nc4ccc5ccccc5c4c4c5ccccc5c5ccc6ccc1c2c6c5c34. The molecule has 3 heteroatoms. The molecule has 1 aromatic heterocycles. The third-order valence-electron chi connectivity index (χ3n) is 11.5. The van der Waals surface area contributed by atoms with Crippen LogP contribution in [0.2, 0.25) is 0 Å². The lowest BCUT2D eigenvalue weighted by Crippen LogP contribution is -2.26. The summed E-state index contributed by atoms with van der Waals surface area (Å²) >= 11 is 0. The van der Waals surface area contributed by atoms with Gasteiger partial charge in [0.15, 0.2) is 7.14 Å². The first-order chi connectivity index (χ1) is 25.7. The molecule has 0 N–H and O–H groups in total. The molecule has 0 saturated heterocycles. The zero-order valence-electron chi connectivity index (χ0n) is 28.0. The molecule has 0 aliphatic heterocycles. The first-order valence-electron chi connectivity index (χ1n) is 17.8. The van der Waals surface area contributed by atoms with E-state index in [0.717, 1.165) is 53.9 Å². The third-order valence-corrected chi connectivity index (χ3v) is 14.7. The van der Waals surface area contributed by atoms with Gasteiger partial charge in [0.05, 0.1) is 11.0 Å². The lowest BCUT2D eigenvalue weighted by Gasteiger charge is -2.27. The zero-order chi connectivity index (χ0) is 34.1. The van der Waals surface area contributed by atoms with Crippen molar-refractivity contribution in [2.75, 3.05) is 0 Å². The maximum absolute atomic E-state index is 16.4. The number of benzene rings is 11. The maximum atomic E-state index is 16.4. The van der Waals surface area contributed by atoms with Crippen molar-refractivity contribution in [3.63, 3.8) is 0 Å². The Balaban J connectivity index is 1.43. The molecule has 0 radical (unpaired) electrons. The largest absolute Gasteiger partial charge is 0.309 e. The third kappa shape index (κ3) is 3.45. The van der Waals surface area contributed by atoms with Gasteiger partial charge in [-0.05, 0) is 59.9 Å². The Morgan fingerprint density at radius 1 is 0.327 bits per heavy atom. The van der Waals surface area contributed by atoms with Crippen molar-refractivity contribution < 1.29 is 4.57 Å². The van der Waals surface area contributed by atoms with Crippen molar-refractivity contribution in [2.45, 2.75) is 0 Å². The van der Waals surface area contributed by atoms with Gasteiger partial charge in [-0.15, -0.1) is 0 Å². The second kappa shape index (κ2) is 10.1. The molecule has 0 spiro atoms. The first-order valence-corrected chi connectivity index (χ1v) is 19.5. The van der Waals surface area contributed by atoms with Crippen molar-refractivity contribution in [1.29, 1.82) is 0 Å². The fraction of sp³-hybridized carbons (Fsp3) is 0. The Morgan fingerprint density at radius 3 is 1.54 bits per heavy atom. The van der Waals surface area contributed by atoms with E-state index < -0.39 is 7.14 Å². The van der Waals surface area contributed by atoms with Crippen molar-refractivity contribution in [2.24, 2.45) is 0 Å². The van der Waals surface area contributed by atoms with E-state index in [-0.39, 0.29) is 0 Å². The molecule has 12 rings (SSSR count). The molecular weight excluding hydrogens is 650 g/mol. The smallest absolute Gasteiger partial charge is 0.172 e. The number of hydrogen-bond donors (Lipinski definition) is 0. The van der Waals surface area contributed by atoms with Crippen LogP contribution < -0.4 is 15.9 Å². The lowest BCUT2D eigenvalue weighted by molar-refractivity contribution is 0.593. The number of rotatable bonds is 3. The molecule has 0 aliphatic carbocycles. The van der Waals surface area contributed by atoms with Gasteiger partial charge in [-0.2, -0.15) is 0 Å². The maximum Gasteiger partial charge on any atom is 0.172 e. The molecule has 0 unspecified atom stereocenters. The molecule has 0 atom stereocenters. The Hall–Kier alpha value is -6.34. The Labute approximate surface area is 298 Å². The standard InChI is InChI=1S/C49H28NOP/c51-52(31-14-3-1-4-15-31,32-16-5-2-6-17-32)49-38-22-12-11-21-36(38)46-45-39(49)27-24-30-23-26-37-34-19-9-10-20-35(34)44-42-33-18-8-7-13-29(33)25-28-40(42)50-48(46)47(44)43(37)41(30)45/h1-28H. The first kappa shape index (κ1) is 28.4. The van der Waals surface area contributed by atoms with Crippen LogP contribution in [0.25, 0.3) is 97.2 Å². The quantitative estimate of drug-likeness (QED) is 0.106. The van der Waals surface area contributed by atoms with Crippen molar-refractivity contribution >= 4 is 120 Å². The van der Waals surface area contributed by atoms with Gasteiger partial charge < -0.3 is 4.57 Å². The van der Waals surface area contributed by atoms with Crippen molar-refractivity contribution in [1.82, 2.24) is 4.98 Å². The monoisotopic (exact) mass is 677 g/mol. The van der Waals surface area contributed by atoms with Crippen LogP contribution in [0.4, 0.5) is 0 Å². The van der Waals surface area contributed by atoms with Gasteiger partial charge >= 0.3 is 0 Å². The van der Waals surface area contributed by atoms with Crippen LogP contribution in [0, 0.1) is 0 Å². The minimum Gasteiger partial charge on any atom is -0.309 e. The second-order valence-electron chi connectivity index (χ2n) is 14.1. The van der Waals surface area contributed by atoms with E-state index in [0.29, 0.717) is 0 Å². The van der Waals surface area contributed by atoms with Gasteiger partial charge in [0, 0.05) is 48.2 Å². The predicted molar refractivity (Wildman–Crippen MR) is 224 cm³/mol. The summed E-state index contributed by atoms with van der Waals surface area (Å²) in [7, 11) is -3.39. The Kier molecular flexibility index (Phi) is 5.53. The fourth-order valence-electron chi connectivity index (χ4n) is 9.48. The normalized spacial score (nSPS) is 12.7. The topological polar surface area (TPSA) is 30.0 Å². The van der Waals surface area contributed by atoms with Crippen LogP contribution in [-0.4, -0.2) is 4.98 Å². The van der Waals surface area contributed by atoms with E-state index in [9.17, 15) is 0 Å². The fourth-order valence-corrected chi connectivity index (χ4v) is 12.5. The predicted octanol–water partition coefficient (Wildman–Crippen LogP) is 12.0. The average Bonchev–Trinajstić information content (AvgIpc) is 3.22. The van der Waals surface area contributed by atoms with Crippen LogP contribution in [0.5, 0.6) is 0 Å². The molecule has 240 valence electrons. The average molecular weight is 678 g/mol. The number of pyridine rings is 1. The molecule has 11 aromatic carbocycles. The summed E-state index contributed by atoms with van der Waals surface area (Å²) in [5, 5.41) is 21.3. The molecule has 1 heterocycles. The Morgan fingerprint density at radius 2 is 0.827 bits per heavy atom. The number of aromatic nitrogens is 1. The molecule has 0 bridgehead atoms. The summed E-state index contributed by atoms with van der Waals surface area (Å²) < 4.78 is 16.4. The van der Waals surface area contributed by atoms with Crippen molar-refractivity contribution in [3.05, 3.63) is 170 Å². The number of hydrogen-bond acceptors (Lipinski definition) is 2. The van der Waals surface area contributed by atoms with Crippen LogP contribution in [0.15, 0.2) is 170 Å². The summed E-state index contributed by atoms with van der Waals surface area (Å²) in [4.78, 5) is 5.67. The highest BCUT2D eigenvalue weighted by Crippen LogP contribution is 2.54. The number of fused-ring (bicyclic) bond motifs is 10. The molecule has 0 saturated carbocycles. The zero-order valence-corrected chi connectivity index (χ0v) is 28.9. The Bertz CT molecular complexity index is 3440. The van der Waals surface area contributed by atoms with Crippen LogP contribution in [0.3, 0.4) is 0 Å². The van der Waals surface area contributed by atoms with E-state index in [4.69, 9.17) is 4.98 Å². The van der Waals surface area contributed by atoms with E-state index >= 15 is 4.57 Å². The molecule has 52 heavy (non-hydrogen) atoms. The summed E-state index contributed by atoms with van der Waals surface area (Å²) in [5.74, 6) is 0. The van der Waals surface area contributed by atoms with Crippen molar-refractivity contribution in [3.8, 4) is 0 Å². The van der Waals surface area contributed by atoms with Crippen LogP contribution >= 0.6 is 7.14 Å². The van der Waals surface area contributed by atoms with Crippen LogP contribution in [0.1, 0.15) is 0 Å². The van der Waals surface area contributed by atoms with E-state index in [1.807, 2.05) is 60.7 Å². The van der Waals surface area contributed by atoms with Gasteiger partial charge in [0.2, 0.25) is 0 Å². The van der Waals surface area contributed by atoms with E-state index in [2.05, 4.69) is 109 Å². The van der Waals surface area contributed by atoms with Gasteiger partial charge in [0.1, 0.15) is 0 Å². The molecule has 0 amide bonds. The van der Waals surface area contributed by atoms with Crippen LogP contribution in [-0.2, 0) is 4.57 Å². The molecule has 0 fully saturated rings. The second-order valence-corrected chi connectivity index (χ2v) is 16.8. The summed E-state index contributed by atoms with van der Waals surface area (Å²) in [5.41, 5.74) is 1.99. The highest BCUT2D eigenvalue weighted by molar-refractivity contribution is 7.86. The van der Waals surface area contributed by atoms with Gasteiger partial charge in [0.25, 0.3) is 0 Å². The highest BCUT2D eigenvalue weighted by Gasteiger charge is 2.35. The minimum absolute atomic E-state index is 0.834. The molecule has 0 aliphatic rings. The molecule has 2 nitrogen and oxygen atoms in total. The summed E-state index contributed by atoms with van der Waals surface area (Å²) in [6.07, 6.45) is 0. The van der Waals surface area contributed by atoms with E-state index in [1.165, 1.54) is 59.2 Å². The van der Waals surface area contributed by atoms with Gasteiger partial charge in [-0.25, -0.2) is 4.98 Å². The van der Waals surface area contributed by atoms with E-state index in [1.54, 1.807) is 0 Å². The highest BCUT2D eigenvalue weighted by atomic mass is 31.2. The van der Waals surface area contributed by atoms with Gasteiger partial charge in [-0.3, -0.25) is 0 Å². The lowest BCUT2D eigenvalue weighted by atomic mass is 9.82. The molecule has 12 aromatic rings. The summed E-state index contributed by atoms with van der Waals surface area (Å²) in [6, 6.07) is 59.8. The van der Waals surface area contributed by atoms with Gasteiger partial charge in [-0.1, -0.05) is 164 Å². The number of nitrogens with zero attached hydrogens (tertiary/aromatic N) is 1. The molecular formula is C49H28NOP. The minimum atomic E-state index is -3.39. The summed E-state index contributed by atoms with van der Waals surface area (Å²) in [6.45, 7) is 0.